The third-order valence-corrected chi connectivity index (χ3v) is 2.27. The maximum atomic E-state index is 11.7. The van der Waals surface area contributed by atoms with Crippen LogP contribution < -0.4 is 11.2 Å². The summed E-state index contributed by atoms with van der Waals surface area (Å²) in [6, 6.07) is 1.51. The van der Waals surface area contributed by atoms with Crippen molar-refractivity contribution in [3.63, 3.8) is 0 Å². The fraction of sp³-hybridized carbons (Fsp3) is 0.200. The first kappa shape index (κ1) is 9.51. The number of rotatable bonds is 1. The lowest BCUT2D eigenvalue weighted by Crippen LogP contribution is -2.05. The number of aryl methyl sites for hydroxylation is 1. The molecule has 0 saturated carbocycles. The van der Waals surface area contributed by atoms with Crippen LogP contribution in [0.4, 0.5) is 5.88 Å². The number of pyridine rings is 1. The first-order valence-electron chi connectivity index (χ1n) is 4.51. The van der Waals surface area contributed by atoms with Crippen LogP contribution in [0.1, 0.15) is 11.3 Å². The number of nitrogens with zero attached hydrogens (tertiary/aromatic N) is 1. The van der Waals surface area contributed by atoms with Gasteiger partial charge >= 0.3 is 0 Å². The molecule has 5 heteroatoms. The largest absolute Gasteiger partial charge is 0.367 e. The van der Waals surface area contributed by atoms with Gasteiger partial charge in [0, 0.05) is 23.5 Å². The molecule has 15 heavy (non-hydrogen) atoms. The second-order valence-electron chi connectivity index (χ2n) is 3.41. The number of aromatic amines is 1. The van der Waals surface area contributed by atoms with Crippen molar-refractivity contribution in [1.29, 1.82) is 0 Å². The Kier molecular flexibility index (Phi) is 2.07. The highest BCUT2D eigenvalue weighted by molar-refractivity contribution is 5.65. The summed E-state index contributed by atoms with van der Waals surface area (Å²) in [5.41, 5.74) is 7.88. The van der Waals surface area contributed by atoms with Gasteiger partial charge in [-0.1, -0.05) is 5.16 Å². The summed E-state index contributed by atoms with van der Waals surface area (Å²) in [6.45, 7) is 3.58. The Morgan fingerprint density at radius 3 is 2.73 bits per heavy atom. The Bertz CT molecular complexity index is 554. The lowest BCUT2D eigenvalue weighted by atomic mass is 10.1. The highest BCUT2D eigenvalue weighted by Crippen LogP contribution is 2.22. The number of hydrogen-bond acceptors (Lipinski definition) is 4. The van der Waals surface area contributed by atoms with Crippen molar-refractivity contribution >= 4 is 5.88 Å². The molecule has 0 amide bonds. The molecule has 0 aliphatic carbocycles. The Labute approximate surface area is 85.9 Å². The Morgan fingerprint density at radius 1 is 1.47 bits per heavy atom. The molecule has 0 saturated heterocycles. The van der Waals surface area contributed by atoms with E-state index in [1.165, 1.54) is 6.07 Å². The molecule has 0 aromatic carbocycles. The first-order chi connectivity index (χ1) is 7.09. The molecule has 5 nitrogen and oxygen atoms in total. The molecule has 0 aliphatic rings. The maximum absolute atomic E-state index is 11.7. The van der Waals surface area contributed by atoms with Crippen LogP contribution in [0.15, 0.2) is 21.6 Å². The molecule has 0 fully saturated rings. The minimum Gasteiger partial charge on any atom is -0.367 e. The van der Waals surface area contributed by atoms with Gasteiger partial charge in [0.15, 0.2) is 5.43 Å². The molecular weight excluding hydrogens is 194 g/mol. The van der Waals surface area contributed by atoms with Gasteiger partial charge in [0.1, 0.15) is 5.69 Å². The van der Waals surface area contributed by atoms with E-state index in [0.29, 0.717) is 16.8 Å². The van der Waals surface area contributed by atoms with Crippen LogP contribution in [0.3, 0.4) is 0 Å². The fourth-order valence-electron chi connectivity index (χ4n) is 1.36. The van der Waals surface area contributed by atoms with E-state index in [1.54, 1.807) is 13.1 Å². The molecule has 0 atom stereocenters. The van der Waals surface area contributed by atoms with Gasteiger partial charge in [-0.25, -0.2) is 0 Å². The number of hydrogen-bond donors (Lipinski definition) is 2. The quantitative estimate of drug-likeness (QED) is 0.733. The average Bonchev–Trinajstić information content (AvgIpc) is 2.49. The van der Waals surface area contributed by atoms with E-state index < -0.39 is 0 Å². The number of aromatic nitrogens is 2. The molecule has 0 unspecified atom stereocenters. The number of H-pyrrole nitrogens is 1. The highest BCUT2D eigenvalue weighted by Gasteiger charge is 2.13. The molecule has 0 spiro atoms. The molecule has 0 aliphatic heterocycles. The number of anilines is 1. The van der Waals surface area contributed by atoms with Gasteiger partial charge in [-0.3, -0.25) is 4.79 Å². The SMILES string of the molecule is Cc1cc(=O)c(-c2noc(N)c2C)c[nH]1. The van der Waals surface area contributed by atoms with E-state index in [9.17, 15) is 4.79 Å². The predicted octanol–water partition coefficient (Wildman–Crippen LogP) is 1.23. The predicted molar refractivity (Wildman–Crippen MR) is 56.4 cm³/mol. The van der Waals surface area contributed by atoms with Crippen LogP contribution in [-0.4, -0.2) is 10.1 Å². The first-order valence-corrected chi connectivity index (χ1v) is 4.51. The molecular formula is C10H11N3O2. The number of nitrogens with one attached hydrogen (secondary N) is 1. The van der Waals surface area contributed by atoms with Crippen LogP contribution in [-0.2, 0) is 0 Å². The summed E-state index contributed by atoms with van der Waals surface area (Å²) in [5.74, 6) is 0.241. The standard InChI is InChI=1S/C10H11N3O2/c1-5-3-8(14)7(4-12-5)9-6(2)10(11)15-13-9/h3-4H,11H2,1-2H3,(H,12,14). The fourth-order valence-corrected chi connectivity index (χ4v) is 1.36. The Morgan fingerprint density at radius 2 is 2.20 bits per heavy atom. The normalized spacial score (nSPS) is 10.5. The van der Waals surface area contributed by atoms with Crippen molar-refractivity contribution < 1.29 is 4.52 Å². The maximum Gasteiger partial charge on any atom is 0.225 e. The van der Waals surface area contributed by atoms with Crippen LogP contribution in [0.5, 0.6) is 0 Å². The summed E-state index contributed by atoms with van der Waals surface area (Å²) in [7, 11) is 0. The van der Waals surface area contributed by atoms with E-state index in [2.05, 4.69) is 10.1 Å². The molecule has 2 rings (SSSR count). The van der Waals surface area contributed by atoms with Crippen LogP contribution in [0.25, 0.3) is 11.3 Å². The topological polar surface area (TPSA) is 84.9 Å². The van der Waals surface area contributed by atoms with Gasteiger partial charge in [-0.15, -0.1) is 0 Å². The molecule has 78 valence electrons. The summed E-state index contributed by atoms with van der Waals surface area (Å²) < 4.78 is 4.81. The zero-order valence-electron chi connectivity index (χ0n) is 8.50. The monoisotopic (exact) mass is 205 g/mol. The minimum absolute atomic E-state index is 0.0948. The second kappa shape index (κ2) is 3.27. The third kappa shape index (κ3) is 1.52. The lowest BCUT2D eigenvalue weighted by Gasteiger charge is -1.97. The lowest BCUT2D eigenvalue weighted by molar-refractivity contribution is 0.438. The van der Waals surface area contributed by atoms with Gasteiger partial charge in [0.2, 0.25) is 5.88 Å². The molecule has 2 aromatic rings. The van der Waals surface area contributed by atoms with Crippen molar-refractivity contribution in [3.8, 4) is 11.3 Å². The van der Waals surface area contributed by atoms with Crippen LogP contribution in [0, 0.1) is 13.8 Å². The Balaban J connectivity index is 2.65. The van der Waals surface area contributed by atoms with Gasteiger partial charge in [0.05, 0.1) is 5.56 Å². The van der Waals surface area contributed by atoms with E-state index in [1.807, 2.05) is 6.92 Å². The summed E-state index contributed by atoms with van der Waals surface area (Å²) in [5, 5.41) is 3.76. The van der Waals surface area contributed by atoms with E-state index >= 15 is 0 Å². The van der Waals surface area contributed by atoms with E-state index in [0.717, 1.165) is 5.69 Å². The highest BCUT2D eigenvalue weighted by atomic mass is 16.5. The molecule has 0 radical (unpaired) electrons. The smallest absolute Gasteiger partial charge is 0.225 e. The molecule has 3 N–H and O–H groups in total. The van der Waals surface area contributed by atoms with Crippen LogP contribution >= 0.6 is 0 Å². The number of nitrogen functional groups attached to an aromatic ring is 1. The minimum atomic E-state index is -0.0948. The van der Waals surface area contributed by atoms with E-state index in [4.69, 9.17) is 10.3 Å². The van der Waals surface area contributed by atoms with Gasteiger partial charge < -0.3 is 15.2 Å². The van der Waals surface area contributed by atoms with Gasteiger partial charge in [-0.2, -0.15) is 0 Å². The molecule has 0 bridgehead atoms. The summed E-state index contributed by atoms with van der Waals surface area (Å²) >= 11 is 0. The van der Waals surface area contributed by atoms with E-state index in [-0.39, 0.29) is 11.3 Å². The van der Waals surface area contributed by atoms with Crippen molar-refractivity contribution in [1.82, 2.24) is 10.1 Å². The molecule has 2 aromatic heterocycles. The van der Waals surface area contributed by atoms with Gasteiger partial charge in [0.25, 0.3) is 0 Å². The van der Waals surface area contributed by atoms with Crippen molar-refractivity contribution in [2.75, 3.05) is 5.73 Å². The zero-order chi connectivity index (χ0) is 11.0. The summed E-state index contributed by atoms with van der Waals surface area (Å²) in [4.78, 5) is 14.6. The van der Waals surface area contributed by atoms with Crippen molar-refractivity contribution in [3.05, 3.63) is 33.7 Å². The van der Waals surface area contributed by atoms with Crippen LogP contribution in [0.2, 0.25) is 0 Å². The van der Waals surface area contributed by atoms with Crippen molar-refractivity contribution in [2.45, 2.75) is 13.8 Å². The second-order valence-corrected chi connectivity index (χ2v) is 3.41. The zero-order valence-corrected chi connectivity index (χ0v) is 8.50. The summed E-state index contributed by atoms with van der Waals surface area (Å²) in [6.07, 6.45) is 1.61. The third-order valence-electron chi connectivity index (χ3n) is 2.27. The number of nitrogens with two attached hydrogens (primary N) is 1. The molecule has 2 heterocycles. The Hall–Kier alpha value is -2.04. The average molecular weight is 205 g/mol. The van der Waals surface area contributed by atoms with Gasteiger partial charge in [-0.05, 0) is 13.8 Å². The van der Waals surface area contributed by atoms with Crippen molar-refractivity contribution in [2.24, 2.45) is 0 Å².